The first kappa shape index (κ1) is 17.4. The number of alkyl halides is 2. The molecule has 0 saturated heterocycles. The topological polar surface area (TPSA) is 42.0 Å². The highest BCUT2D eigenvalue weighted by Gasteiger charge is 2.36. The van der Waals surface area contributed by atoms with Crippen molar-refractivity contribution < 1.29 is 22.4 Å². The number of halogens is 4. The number of benzene rings is 1. The van der Waals surface area contributed by atoms with E-state index in [-0.39, 0.29) is 48.4 Å². The van der Waals surface area contributed by atoms with Gasteiger partial charge < -0.3 is 5.32 Å². The van der Waals surface area contributed by atoms with Gasteiger partial charge >= 0.3 is 0 Å². The molecule has 132 valence electrons. The van der Waals surface area contributed by atoms with Crippen molar-refractivity contribution in [3.63, 3.8) is 0 Å². The van der Waals surface area contributed by atoms with Crippen molar-refractivity contribution in [1.82, 2.24) is 4.98 Å². The molecule has 0 spiro atoms. The van der Waals surface area contributed by atoms with Crippen LogP contribution in [-0.4, -0.2) is 17.3 Å². The first-order valence-corrected chi connectivity index (χ1v) is 7.93. The van der Waals surface area contributed by atoms with Gasteiger partial charge in [-0.05, 0) is 37.1 Å². The van der Waals surface area contributed by atoms with Gasteiger partial charge in [-0.25, -0.2) is 17.6 Å². The minimum absolute atomic E-state index is 0.0193. The summed E-state index contributed by atoms with van der Waals surface area (Å²) >= 11 is 0. The fourth-order valence-corrected chi connectivity index (χ4v) is 3.24. The lowest BCUT2D eigenvalue weighted by Gasteiger charge is -2.29. The molecule has 0 unspecified atom stereocenters. The Balaban J connectivity index is 2.06. The van der Waals surface area contributed by atoms with Crippen molar-refractivity contribution in [2.75, 3.05) is 5.32 Å². The summed E-state index contributed by atoms with van der Waals surface area (Å²) in [5.41, 5.74) is 0.904. The lowest BCUT2D eigenvalue weighted by molar-refractivity contribution is -0.105. The van der Waals surface area contributed by atoms with E-state index in [0.29, 0.717) is 12.1 Å². The van der Waals surface area contributed by atoms with Crippen molar-refractivity contribution >= 4 is 12.1 Å². The molecule has 1 aromatic heterocycles. The Kier molecular flexibility index (Phi) is 4.74. The molecule has 1 fully saturated rings. The number of amides is 1. The number of pyridine rings is 1. The Morgan fingerprint density at radius 3 is 2.52 bits per heavy atom. The van der Waals surface area contributed by atoms with Gasteiger partial charge in [0.1, 0.15) is 11.6 Å². The fraction of sp³-hybridized carbons (Fsp3) is 0.333. The number of nitrogens with zero attached hydrogens (tertiary/aromatic N) is 1. The zero-order chi connectivity index (χ0) is 18.0. The summed E-state index contributed by atoms with van der Waals surface area (Å²) in [4.78, 5) is 15.2. The largest absolute Gasteiger partial charge is 0.327 e. The second kappa shape index (κ2) is 6.82. The second-order valence-corrected chi connectivity index (χ2v) is 6.14. The van der Waals surface area contributed by atoms with E-state index in [1.54, 1.807) is 0 Å². The van der Waals surface area contributed by atoms with E-state index in [1.807, 2.05) is 0 Å². The lowest BCUT2D eigenvalue weighted by atomic mass is 9.83. The maximum Gasteiger partial charge on any atom is 0.248 e. The zero-order valence-corrected chi connectivity index (χ0v) is 13.2. The summed E-state index contributed by atoms with van der Waals surface area (Å²) in [6, 6.07) is 4.48. The highest BCUT2D eigenvalue weighted by molar-refractivity contribution is 5.86. The highest BCUT2D eigenvalue weighted by Crippen LogP contribution is 2.44. The van der Waals surface area contributed by atoms with Crippen LogP contribution in [0.4, 0.5) is 23.2 Å². The normalized spacial score (nSPS) is 17.3. The van der Waals surface area contributed by atoms with Crippen LogP contribution < -0.4 is 5.32 Å². The predicted octanol–water partition coefficient (Wildman–Crippen LogP) is 4.89. The van der Waals surface area contributed by atoms with E-state index < -0.39 is 17.6 Å². The van der Waals surface area contributed by atoms with Crippen LogP contribution in [-0.2, 0) is 4.79 Å². The van der Waals surface area contributed by atoms with Crippen LogP contribution in [0, 0.1) is 11.6 Å². The number of aromatic nitrogens is 1. The minimum atomic E-state index is -2.69. The number of anilines is 1. The molecule has 2 aromatic rings. The second-order valence-electron chi connectivity index (χ2n) is 6.14. The Labute approximate surface area is 142 Å². The van der Waals surface area contributed by atoms with Crippen molar-refractivity contribution in [3.05, 3.63) is 47.8 Å². The molecule has 25 heavy (non-hydrogen) atoms. The maximum absolute atomic E-state index is 14.1. The molecule has 1 heterocycles. The zero-order valence-electron chi connectivity index (χ0n) is 13.2. The van der Waals surface area contributed by atoms with Crippen LogP contribution in [0.3, 0.4) is 0 Å². The maximum atomic E-state index is 14.1. The number of nitrogens with one attached hydrogen (secondary N) is 1. The van der Waals surface area contributed by atoms with E-state index in [1.165, 1.54) is 12.3 Å². The molecule has 0 atom stereocenters. The van der Waals surface area contributed by atoms with Gasteiger partial charge in [0.25, 0.3) is 0 Å². The Hall–Kier alpha value is -2.44. The number of carbonyl (C=O) groups is 1. The van der Waals surface area contributed by atoms with Crippen LogP contribution in [0.15, 0.2) is 30.5 Å². The third-order valence-electron chi connectivity index (χ3n) is 4.51. The number of hydrogen-bond donors (Lipinski definition) is 1. The van der Waals surface area contributed by atoms with Gasteiger partial charge in [-0.3, -0.25) is 9.78 Å². The van der Waals surface area contributed by atoms with Gasteiger partial charge in [-0.2, -0.15) is 0 Å². The molecule has 0 radical (unpaired) electrons. The monoisotopic (exact) mass is 352 g/mol. The Morgan fingerprint density at radius 2 is 1.84 bits per heavy atom. The lowest BCUT2D eigenvalue weighted by Crippen LogP contribution is -2.24. The van der Waals surface area contributed by atoms with Crippen LogP contribution in [0.2, 0.25) is 0 Å². The first-order chi connectivity index (χ1) is 11.9. The van der Waals surface area contributed by atoms with Gasteiger partial charge in [-0.1, -0.05) is 0 Å². The average molecular weight is 352 g/mol. The van der Waals surface area contributed by atoms with Crippen molar-refractivity contribution in [1.29, 1.82) is 0 Å². The molecule has 1 saturated carbocycles. The van der Waals surface area contributed by atoms with Gasteiger partial charge in [0.2, 0.25) is 12.3 Å². The van der Waals surface area contributed by atoms with E-state index in [2.05, 4.69) is 10.3 Å². The summed E-state index contributed by atoms with van der Waals surface area (Å²) < 4.78 is 54.5. The number of hydrogen-bond acceptors (Lipinski definition) is 2. The summed E-state index contributed by atoms with van der Waals surface area (Å²) in [6.45, 7) is 0. The molecule has 1 aliphatic rings. The summed E-state index contributed by atoms with van der Waals surface area (Å²) in [7, 11) is 0. The minimum Gasteiger partial charge on any atom is -0.327 e. The van der Waals surface area contributed by atoms with Gasteiger partial charge in [0, 0.05) is 36.1 Å². The van der Waals surface area contributed by atoms with Crippen molar-refractivity contribution in [3.8, 4) is 11.1 Å². The van der Waals surface area contributed by atoms with E-state index in [9.17, 15) is 22.4 Å². The molecule has 0 bridgehead atoms. The quantitative estimate of drug-likeness (QED) is 0.629. The molecule has 3 nitrogen and oxygen atoms in total. The number of carbonyl (C=O) groups excluding carboxylic acids is 1. The van der Waals surface area contributed by atoms with E-state index >= 15 is 0 Å². The smallest absolute Gasteiger partial charge is 0.248 e. The van der Waals surface area contributed by atoms with Crippen molar-refractivity contribution in [2.24, 2.45) is 0 Å². The van der Waals surface area contributed by atoms with Gasteiger partial charge in [0.05, 0.1) is 11.4 Å². The molecule has 1 aliphatic carbocycles. The van der Waals surface area contributed by atoms with E-state index in [0.717, 1.165) is 18.2 Å². The van der Waals surface area contributed by atoms with Gasteiger partial charge in [0.15, 0.2) is 0 Å². The molecule has 3 rings (SSSR count). The standard InChI is InChI=1S/C18H16F4N2O/c19-12-1-2-15(20)14(9-12)13-5-8-23-16(17(13)24-10-25)11-3-6-18(21,22)7-4-11/h1-2,5,8-11H,3-4,6-7H2,(H,24,25). The van der Waals surface area contributed by atoms with Crippen molar-refractivity contribution in [2.45, 2.75) is 37.5 Å². The molecule has 1 aromatic carbocycles. The SMILES string of the molecule is O=CNc1c(-c2cc(F)ccc2F)ccnc1C1CCC(F)(F)CC1. The fourth-order valence-electron chi connectivity index (χ4n) is 3.24. The molecule has 1 N–H and O–H groups in total. The molecule has 0 aliphatic heterocycles. The Bertz CT molecular complexity index is 785. The summed E-state index contributed by atoms with van der Waals surface area (Å²) in [5, 5.41) is 2.49. The summed E-state index contributed by atoms with van der Waals surface area (Å²) in [5.74, 6) is -4.24. The molecular weight excluding hydrogens is 336 g/mol. The first-order valence-electron chi connectivity index (χ1n) is 7.93. The number of rotatable bonds is 4. The van der Waals surface area contributed by atoms with Crippen LogP contribution in [0.1, 0.15) is 37.3 Å². The third-order valence-corrected chi connectivity index (χ3v) is 4.51. The van der Waals surface area contributed by atoms with Crippen LogP contribution >= 0.6 is 0 Å². The summed E-state index contributed by atoms with van der Waals surface area (Å²) in [6.07, 6.45) is 1.72. The van der Waals surface area contributed by atoms with Gasteiger partial charge in [-0.15, -0.1) is 0 Å². The van der Waals surface area contributed by atoms with Crippen LogP contribution in [0.5, 0.6) is 0 Å². The molecule has 1 amide bonds. The molecular formula is C18H16F4N2O. The average Bonchev–Trinajstić information content (AvgIpc) is 2.58. The molecule has 7 heteroatoms. The Morgan fingerprint density at radius 1 is 1.12 bits per heavy atom. The third kappa shape index (κ3) is 3.65. The van der Waals surface area contributed by atoms with E-state index in [4.69, 9.17) is 0 Å². The van der Waals surface area contributed by atoms with Crippen LogP contribution in [0.25, 0.3) is 11.1 Å². The predicted molar refractivity (Wildman–Crippen MR) is 85.4 cm³/mol. The highest BCUT2D eigenvalue weighted by atomic mass is 19.3.